The van der Waals surface area contributed by atoms with E-state index in [2.05, 4.69) is 24.2 Å². The van der Waals surface area contributed by atoms with E-state index in [1.165, 1.54) is 19.3 Å². The van der Waals surface area contributed by atoms with Gasteiger partial charge in [-0.05, 0) is 12.5 Å². The zero-order valence-electron chi connectivity index (χ0n) is 12.0. The number of fused-ring (bicyclic) bond motifs is 1. The summed E-state index contributed by atoms with van der Waals surface area (Å²) in [5, 5.41) is 15.8. The SMILES string of the molecule is CCCCCCC(O)Cc1nn(C)c2ccccc12. The van der Waals surface area contributed by atoms with Crippen LogP contribution in [-0.2, 0) is 13.5 Å². The van der Waals surface area contributed by atoms with Gasteiger partial charge in [-0.15, -0.1) is 0 Å². The maximum atomic E-state index is 10.1. The largest absolute Gasteiger partial charge is 0.393 e. The van der Waals surface area contributed by atoms with Crippen LogP contribution in [0.3, 0.4) is 0 Å². The molecule has 0 spiro atoms. The molecule has 19 heavy (non-hydrogen) atoms. The molecule has 1 aromatic carbocycles. The smallest absolute Gasteiger partial charge is 0.0728 e. The lowest BCUT2D eigenvalue weighted by atomic mass is 10.0. The minimum absolute atomic E-state index is 0.268. The molecule has 1 aromatic heterocycles. The van der Waals surface area contributed by atoms with Crippen molar-refractivity contribution in [2.75, 3.05) is 0 Å². The van der Waals surface area contributed by atoms with Crippen molar-refractivity contribution in [3.63, 3.8) is 0 Å². The molecule has 1 unspecified atom stereocenters. The van der Waals surface area contributed by atoms with Crippen LogP contribution in [-0.4, -0.2) is 21.0 Å². The van der Waals surface area contributed by atoms with E-state index < -0.39 is 0 Å². The van der Waals surface area contributed by atoms with Gasteiger partial charge in [0.15, 0.2) is 0 Å². The van der Waals surface area contributed by atoms with Gasteiger partial charge in [-0.3, -0.25) is 4.68 Å². The molecule has 0 radical (unpaired) electrons. The van der Waals surface area contributed by atoms with E-state index in [1.807, 2.05) is 23.9 Å². The van der Waals surface area contributed by atoms with Crippen LogP contribution in [0.1, 0.15) is 44.7 Å². The highest BCUT2D eigenvalue weighted by molar-refractivity contribution is 5.81. The van der Waals surface area contributed by atoms with Crippen molar-refractivity contribution in [2.24, 2.45) is 7.05 Å². The molecule has 3 heteroatoms. The van der Waals surface area contributed by atoms with E-state index in [0.29, 0.717) is 6.42 Å². The second-order valence-electron chi connectivity index (χ2n) is 5.29. The number of hydrogen-bond acceptors (Lipinski definition) is 2. The van der Waals surface area contributed by atoms with Crippen LogP contribution in [0.2, 0.25) is 0 Å². The first-order valence-corrected chi connectivity index (χ1v) is 7.31. The molecule has 2 rings (SSSR count). The third-order valence-corrected chi connectivity index (χ3v) is 3.65. The summed E-state index contributed by atoms with van der Waals surface area (Å²) in [7, 11) is 1.96. The van der Waals surface area contributed by atoms with Crippen LogP contribution in [0, 0.1) is 0 Å². The number of nitrogens with zero attached hydrogens (tertiary/aromatic N) is 2. The Morgan fingerprint density at radius 1 is 1.21 bits per heavy atom. The minimum Gasteiger partial charge on any atom is -0.393 e. The van der Waals surface area contributed by atoms with E-state index in [9.17, 15) is 5.11 Å². The summed E-state index contributed by atoms with van der Waals surface area (Å²) < 4.78 is 1.90. The van der Waals surface area contributed by atoms with E-state index in [-0.39, 0.29) is 6.10 Å². The van der Waals surface area contributed by atoms with Crippen molar-refractivity contribution in [1.29, 1.82) is 0 Å². The van der Waals surface area contributed by atoms with Gasteiger partial charge in [0.1, 0.15) is 0 Å². The lowest BCUT2D eigenvalue weighted by Gasteiger charge is -2.08. The maximum absolute atomic E-state index is 10.1. The highest BCUT2D eigenvalue weighted by Gasteiger charge is 2.12. The molecule has 1 atom stereocenters. The normalized spacial score (nSPS) is 13.0. The highest BCUT2D eigenvalue weighted by Crippen LogP contribution is 2.20. The van der Waals surface area contributed by atoms with Gasteiger partial charge in [0.2, 0.25) is 0 Å². The van der Waals surface area contributed by atoms with Crippen molar-refractivity contribution >= 4 is 10.9 Å². The van der Waals surface area contributed by atoms with Crippen LogP contribution in [0.25, 0.3) is 10.9 Å². The van der Waals surface area contributed by atoms with Gasteiger partial charge < -0.3 is 5.11 Å². The Morgan fingerprint density at radius 3 is 2.79 bits per heavy atom. The fourth-order valence-electron chi connectivity index (χ4n) is 2.57. The number of rotatable bonds is 7. The average molecular weight is 260 g/mol. The molecule has 0 saturated carbocycles. The molecule has 0 aliphatic rings. The summed E-state index contributed by atoms with van der Waals surface area (Å²) >= 11 is 0. The van der Waals surface area contributed by atoms with E-state index in [4.69, 9.17) is 0 Å². The van der Waals surface area contributed by atoms with Crippen molar-refractivity contribution in [3.8, 4) is 0 Å². The predicted molar refractivity (Wildman–Crippen MR) is 79.2 cm³/mol. The quantitative estimate of drug-likeness (QED) is 0.774. The predicted octanol–water partition coefficient (Wildman–Crippen LogP) is 3.45. The number of para-hydroxylation sites is 1. The molecule has 2 aromatic rings. The zero-order chi connectivity index (χ0) is 13.7. The zero-order valence-corrected chi connectivity index (χ0v) is 12.0. The highest BCUT2D eigenvalue weighted by atomic mass is 16.3. The lowest BCUT2D eigenvalue weighted by molar-refractivity contribution is 0.160. The third kappa shape index (κ3) is 3.57. The molecule has 0 aliphatic carbocycles. The van der Waals surface area contributed by atoms with Crippen molar-refractivity contribution < 1.29 is 5.11 Å². The Labute approximate surface area is 115 Å². The second-order valence-corrected chi connectivity index (χ2v) is 5.29. The van der Waals surface area contributed by atoms with Gasteiger partial charge in [-0.2, -0.15) is 5.10 Å². The standard InChI is InChI=1S/C16H24N2O/c1-3-4-5-6-9-13(19)12-15-14-10-7-8-11-16(14)18(2)17-15/h7-8,10-11,13,19H,3-6,9,12H2,1-2H3. The number of benzene rings is 1. The van der Waals surface area contributed by atoms with Crippen LogP contribution in [0.5, 0.6) is 0 Å². The van der Waals surface area contributed by atoms with Crippen molar-refractivity contribution in [1.82, 2.24) is 9.78 Å². The number of aryl methyl sites for hydroxylation is 1. The van der Waals surface area contributed by atoms with Crippen molar-refractivity contribution in [3.05, 3.63) is 30.0 Å². The molecule has 0 bridgehead atoms. The molecule has 0 aliphatic heterocycles. The van der Waals surface area contributed by atoms with Crippen molar-refractivity contribution in [2.45, 2.75) is 51.6 Å². The third-order valence-electron chi connectivity index (χ3n) is 3.65. The molecular formula is C16H24N2O. The Kier molecular flexibility index (Phi) is 4.97. The lowest BCUT2D eigenvalue weighted by Crippen LogP contribution is -2.11. The molecular weight excluding hydrogens is 236 g/mol. The average Bonchev–Trinajstić information content (AvgIpc) is 2.72. The first-order valence-electron chi connectivity index (χ1n) is 7.31. The first-order chi connectivity index (χ1) is 9.22. The van der Waals surface area contributed by atoms with E-state index in [0.717, 1.165) is 29.4 Å². The minimum atomic E-state index is -0.268. The maximum Gasteiger partial charge on any atom is 0.0728 e. The monoisotopic (exact) mass is 260 g/mol. The Hall–Kier alpha value is -1.35. The first kappa shape index (κ1) is 14.1. The van der Waals surface area contributed by atoms with Gasteiger partial charge in [0, 0.05) is 18.9 Å². The number of unbranched alkanes of at least 4 members (excludes halogenated alkanes) is 3. The van der Waals surface area contributed by atoms with Gasteiger partial charge in [0.05, 0.1) is 17.3 Å². The molecule has 1 heterocycles. The number of hydrogen-bond donors (Lipinski definition) is 1. The summed E-state index contributed by atoms with van der Waals surface area (Å²) in [6.45, 7) is 2.20. The molecule has 0 saturated heterocycles. The molecule has 0 fully saturated rings. The fraction of sp³-hybridized carbons (Fsp3) is 0.562. The topological polar surface area (TPSA) is 38.1 Å². The summed E-state index contributed by atoms with van der Waals surface area (Å²) in [4.78, 5) is 0. The van der Waals surface area contributed by atoms with Crippen LogP contribution in [0.15, 0.2) is 24.3 Å². The second kappa shape index (κ2) is 6.71. The van der Waals surface area contributed by atoms with Crippen LogP contribution >= 0.6 is 0 Å². The molecule has 104 valence electrons. The van der Waals surface area contributed by atoms with Gasteiger partial charge in [0.25, 0.3) is 0 Å². The summed E-state index contributed by atoms with van der Waals surface area (Å²) in [6.07, 6.45) is 6.10. The molecule has 3 nitrogen and oxygen atoms in total. The van der Waals surface area contributed by atoms with E-state index in [1.54, 1.807) is 0 Å². The molecule has 1 N–H and O–H groups in total. The Bertz CT molecular complexity index is 518. The summed E-state index contributed by atoms with van der Waals surface area (Å²) in [6, 6.07) is 8.21. The summed E-state index contributed by atoms with van der Waals surface area (Å²) in [5.41, 5.74) is 2.15. The fourth-order valence-corrected chi connectivity index (χ4v) is 2.57. The number of aliphatic hydroxyl groups excluding tert-OH is 1. The number of aliphatic hydroxyl groups is 1. The van der Waals surface area contributed by atoms with Crippen LogP contribution < -0.4 is 0 Å². The molecule has 0 amide bonds. The number of aromatic nitrogens is 2. The van der Waals surface area contributed by atoms with Crippen LogP contribution in [0.4, 0.5) is 0 Å². The Balaban J connectivity index is 1.97. The van der Waals surface area contributed by atoms with E-state index >= 15 is 0 Å². The Morgan fingerprint density at radius 2 is 2.00 bits per heavy atom. The summed E-state index contributed by atoms with van der Waals surface area (Å²) in [5.74, 6) is 0. The van der Waals surface area contributed by atoms with Gasteiger partial charge in [-0.25, -0.2) is 0 Å². The van der Waals surface area contributed by atoms with Gasteiger partial charge in [-0.1, -0.05) is 50.8 Å². The van der Waals surface area contributed by atoms with Gasteiger partial charge >= 0.3 is 0 Å².